The number of hydrogen-bond acceptors (Lipinski definition) is 4. The van der Waals surface area contributed by atoms with Gasteiger partial charge >= 0.3 is 0 Å². The molecule has 1 aliphatic heterocycles. The first-order valence-electron chi connectivity index (χ1n) is 9.59. The highest BCUT2D eigenvalue weighted by Gasteiger charge is 2.29. The second kappa shape index (κ2) is 8.15. The van der Waals surface area contributed by atoms with Gasteiger partial charge in [0.05, 0.1) is 15.6 Å². The Labute approximate surface area is 170 Å². The van der Waals surface area contributed by atoms with Gasteiger partial charge < -0.3 is 0 Å². The van der Waals surface area contributed by atoms with Crippen LogP contribution in [0.15, 0.2) is 64.9 Å². The lowest BCUT2D eigenvalue weighted by Crippen LogP contribution is -2.38. The van der Waals surface area contributed by atoms with Gasteiger partial charge in [-0.1, -0.05) is 42.5 Å². The van der Waals surface area contributed by atoms with E-state index in [4.69, 9.17) is 0 Å². The normalized spacial score (nSPS) is 16.3. The van der Waals surface area contributed by atoms with E-state index in [9.17, 15) is 8.42 Å². The van der Waals surface area contributed by atoms with Crippen LogP contribution >= 0.6 is 11.3 Å². The Kier molecular flexibility index (Phi) is 5.62. The fourth-order valence-corrected chi connectivity index (χ4v) is 5.90. The van der Waals surface area contributed by atoms with Gasteiger partial charge in [0.1, 0.15) is 0 Å². The third-order valence-electron chi connectivity index (χ3n) is 5.33. The van der Waals surface area contributed by atoms with Gasteiger partial charge in [0.25, 0.3) is 0 Å². The van der Waals surface area contributed by atoms with E-state index < -0.39 is 10.0 Å². The number of aryl methyl sites for hydroxylation is 1. The number of aromatic nitrogens is 1. The van der Waals surface area contributed by atoms with Crippen molar-refractivity contribution >= 4 is 21.4 Å². The molecule has 2 aromatic carbocycles. The number of benzene rings is 2. The first-order valence-corrected chi connectivity index (χ1v) is 11.9. The van der Waals surface area contributed by atoms with Crippen LogP contribution in [0.2, 0.25) is 0 Å². The van der Waals surface area contributed by atoms with Crippen molar-refractivity contribution in [1.82, 2.24) is 9.29 Å². The van der Waals surface area contributed by atoms with Crippen LogP contribution in [0.5, 0.6) is 0 Å². The molecule has 4 nitrogen and oxygen atoms in total. The van der Waals surface area contributed by atoms with E-state index in [2.05, 4.69) is 29.2 Å². The Balaban J connectivity index is 1.46. The maximum Gasteiger partial charge on any atom is 0.243 e. The van der Waals surface area contributed by atoms with Gasteiger partial charge in [-0.2, -0.15) is 4.31 Å². The molecule has 0 bridgehead atoms. The van der Waals surface area contributed by atoms with Crippen LogP contribution in [0.4, 0.5) is 0 Å². The van der Waals surface area contributed by atoms with E-state index in [1.54, 1.807) is 33.8 Å². The summed E-state index contributed by atoms with van der Waals surface area (Å²) in [4.78, 5) is 4.83. The maximum atomic E-state index is 13.1. The summed E-state index contributed by atoms with van der Waals surface area (Å²) in [5, 5.41) is 2.94. The Hall–Kier alpha value is -2.02. The molecule has 0 N–H and O–H groups in total. The molecule has 0 atom stereocenters. The first-order chi connectivity index (χ1) is 13.5. The van der Waals surface area contributed by atoms with Crippen molar-refractivity contribution < 1.29 is 8.42 Å². The number of hydrogen-bond donors (Lipinski definition) is 0. The molecule has 1 fully saturated rings. The number of nitrogens with zero attached hydrogens (tertiary/aromatic N) is 2. The molecule has 28 heavy (non-hydrogen) atoms. The van der Waals surface area contributed by atoms with Crippen molar-refractivity contribution in [2.75, 3.05) is 13.1 Å². The first kappa shape index (κ1) is 19.3. The summed E-state index contributed by atoms with van der Waals surface area (Å²) in [7, 11) is -3.47. The SMILES string of the molecule is Cc1nc(-c2cccc(S(=O)(=O)N3CCC(Cc4ccccc4)CC3)c2)cs1. The van der Waals surface area contributed by atoms with Crippen LogP contribution in [0.1, 0.15) is 23.4 Å². The van der Waals surface area contributed by atoms with E-state index in [-0.39, 0.29) is 0 Å². The fourth-order valence-electron chi connectivity index (χ4n) is 3.76. The number of sulfonamides is 1. The predicted molar refractivity (Wildman–Crippen MR) is 114 cm³/mol. The molecule has 3 aromatic rings. The zero-order valence-electron chi connectivity index (χ0n) is 15.9. The summed E-state index contributed by atoms with van der Waals surface area (Å²) in [5.74, 6) is 0.540. The highest BCUT2D eigenvalue weighted by atomic mass is 32.2. The smallest absolute Gasteiger partial charge is 0.242 e. The molecule has 2 heterocycles. The lowest BCUT2D eigenvalue weighted by atomic mass is 9.91. The van der Waals surface area contributed by atoms with Crippen molar-refractivity contribution in [2.45, 2.75) is 31.1 Å². The summed E-state index contributed by atoms with van der Waals surface area (Å²) in [6, 6.07) is 17.6. The topological polar surface area (TPSA) is 50.3 Å². The van der Waals surface area contributed by atoms with Crippen LogP contribution in [-0.2, 0) is 16.4 Å². The summed E-state index contributed by atoms with van der Waals surface area (Å²) in [5.41, 5.74) is 3.01. The minimum absolute atomic E-state index is 0.358. The van der Waals surface area contributed by atoms with Gasteiger partial charge in [-0.05, 0) is 49.8 Å². The lowest BCUT2D eigenvalue weighted by Gasteiger charge is -2.31. The van der Waals surface area contributed by atoms with Crippen molar-refractivity contribution in [3.05, 3.63) is 70.5 Å². The Morgan fingerprint density at radius 2 is 1.82 bits per heavy atom. The largest absolute Gasteiger partial charge is 0.243 e. The minimum atomic E-state index is -3.47. The van der Waals surface area contributed by atoms with Crippen molar-refractivity contribution in [3.8, 4) is 11.3 Å². The lowest BCUT2D eigenvalue weighted by molar-refractivity contribution is 0.273. The summed E-state index contributed by atoms with van der Waals surface area (Å²) >= 11 is 1.57. The predicted octanol–water partition coefficient (Wildman–Crippen LogP) is 4.76. The van der Waals surface area contributed by atoms with Crippen molar-refractivity contribution in [2.24, 2.45) is 5.92 Å². The molecule has 0 aliphatic carbocycles. The van der Waals surface area contributed by atoms with Gasteiger partial charge in [0, 0.05) is 24.0 Å². The summed E-state index contributed by atoms with van der Waals surface area (Å²) < 4.78 is 27.9. The van der Waals surface area contributed by atoms with Crippen LogP contribution in [-0.4, -0.2) is 30.8 Å². The average molecular weight is 413 g/mol. The Morgan fingerprint density at radius 1 is 1.07 bits per heavy atom. The summed E-state index contributed by atoms with van der Waals surface area (Å²) in [6.07, 6.45) is 2.82. The molecule has 1 aromatic heterocycles. The highest BCUT2D eigenvalue weighted by molar-refractivity contribution is 7.89. The third-order valence-corrected chi connectivity index (χ3v) is 8.00. The fraction of sp³-hybridized carbons (Fsp3) is 0.318. The molecule has 1 saturated heterocycles. The highest BCUT2D eigenvalue weighted by Crippen LogP contribution is 2.29. The second-order valence-electron chi connectivity index (χ2n) is 7.32. The minimum Gasteiger partial charge on any atom is -0.242 e. The third kappa shape index (κ3) is 4.19. The van der Waals surface area contributed by atoms with Gasteiger partial charge in [0.2, 0.25) is 10.0 Å². The molecule has 0 amide bonds. The molecule has 6 heteroatoms. The van der Waals surface area contributed by atoms with Gasteiger partial charge in [-0.3, -0.25) is 0 Å². The van der Waals surface area contributed by atoms with E-state index in [1.165, 1.54) is 5.56 Å². The quantitative estimate of drug-likeness (QED) is 0.607. The van der Waals surface area contributed by atoms with Crippen LogP contribution in [0, 0.1) is 12.8 Å². The number of piperidine rings is 1. The van der Waals surface area contributed by atoms with Crippen LogP contribution in [0.25, 0.3) is 11.3 Å². The molecule has 0 radical (unpaired) electrons. The van der Waals surface area contributed by atoms with Gasteiger partial charge in [-0.15, -0.1) is 11.3 Å². The Morgan fingerprint density at radius 3 is 2.50 bits per heavy atom. The van der Waals surface area contributed by atoms with Gasteiger partial charge in [0.15, 0.2) is 0 Å². The molecular formula is C22H24N2O2S2. The van der Waals surface area contributed by atoms with Crippen LogP contribution in [0.3, 0.4) is 0 Å². The monoisotopic (exact) mass is 412 g/mol. The molecule has 146 valence electrons. The van der Waals surface area contributed by atoms with Gasteiger partial charge in [-0.25, -0.2) is 13.4 Å². The number of rotatable bonds is 5. The molecule has 0 spiro atoms. The molecule has 1 aliphatic rings. The molecule has 4 rings (SSSR count). The maximum absolute atomic E-state index is 13.1. The molecule has 0 unspecified atom stereocenters. The molecular weight excluding hydrogens is 388 g/mol. The van der Waals surface area contributed by atoms with E-state index in [1.807, 2.05) is 24.4 Å². The van der Waals surface area contributed by atoms with Crippen molar-refractivity contribution in [3.63, 3.8) is 0 Å². The zero-order chi connectivity index (χ0) is 19.6. The van der Waals surface area contributed by atoms with Crippen LogP contribution < -0.4 is 0 Å². The van der Waals surface area contributed by atoms with E-state index in [0.717, 1.165) is 35.5 Å². The van der Waals surface area contributed by atoms with E-state index in [0.29, 0.717) is 23.9 Å². The number of thiazole rings is 1. The summed E-state index contributed by atoms with van der Waals surface area (Å²) in [6.45, 7) is 3.12. The second-order valence-corrected chi connectivity index (χ2v) is 10.3. The average Bonchev–Trinajstić information content (AvgIpc) is 3.16. The standard InChI is InChI=1S/C22H24N2O2S2/c1-17-23-22(16-27-17)20-8-5-9-21(15-20)28(25,26)24-12-10-19(11-13-24)14-18-6-3-2-4-7-18/h2-9,15-16,19H,10-14H2,1H3. The molecule has 0 saturated carbocycles. The Bertz CT molecular complexity index is 1040. The van der Waals surface area contributed by atoms with E-state index >= 15 is 0 Å². The van der Waals surface area contributed by atoms with Crippen molar-refractivity contribution in [1.29, 1.82) is 0 Å². The zero-order valence-corrected chi connectivity index (χ0v) is 17.5.